The Labute approximate surface area is 183 Å². The van der Waals surface area contributed by atoms with Crippen molar-refractivity contribution in [3.05, 3.63) is 96.0 Å². The number of aromatic hydroxyl groups is 1. The predicted molar refractivity (Wildman–Crippen MR) is 127 cm³/mol. The molecule has 2 aromatic carbocycles. The first-order chi connectivity index (χ1) is 15.2. The first kappa shape index (κ1) is 21.8. The van der Waals surface area contributed by atoms with Crippen LogP contribution in [0, 0.1) is 0 Å². The SMILES string of the molecule is C=N/C=C(\C=C/C)NCc1cccc(-c2ccnc(NCCc3ccc(O)cc3)n2)c1. The molecule has 6 nitrogen and oxygen atoms in total. The van der Waals surface area contributed by atoms with E-state index in [2.05, 4.69) is 44.4 Å². The van der Waals surface area contributed by atoms with Gasteiger partial charge in [0.25, 0.3) is 0 Å². The minimum Gasteiger partial charge on any atom is -0.508 e. The molecule has 0 saturated carbocycles. The average Bonchev–Trinajstić information content (AvgIpc) is 2.79. The van der Waals surface area contributed by atoms with Crippen LogP contribution in [-0.2, 0) is 13.0 Å². The summed E-state index contributed by atoms with van der Waals surface area (Å²) in [5, 5.41) is 16.0. The second kappa shape index (κ2) is 11.3. The Balaban J connectivity index is 1.63. The summed E-state index contributed by atoms with van der Waals surface area (Å²) in [4.78, 5) is 12.8. The maximum atomic E-state index is 9.38. The highest BCUT2D eigenvalue weighted by Crippen LogP contribution is 2.19. The molecule has 0 spiro atoms. The van der Waals surface area contributed by atoms with Gasteiger partial charge in [-0.15, -0.1) is 0 Å². The summed E-state index contributed by atoms with van der Waals surface area (Å²) in [7, 11) is 0. The van der Waals surface area contributed by atoms with Crippen molar-refractivity contribution in [2.45, 2.75) is 19.9 Å². The van der Waals surface area contributed by atoms with Crippen LogP contribution in [0.25, 0.3) is 11.3 Å². The Morgan fingerprint density at radius 3 is 2.74 bits per heavy atom. The molecule has 0 unspecified atom stereocenters. The number of aromatic nitrogens is 2. The van der Waals surface area contributed by atoms with Crippen molar-refractivity contribution < 1.29 is 5.11 Å². The Bertz CT molecular complexity index is 1060. The Morgan fingerprint density at radius 1 is 1.13 bits per heavy atom. The van der Waals surface area contributed by atoms with Gasteiger partial charge in [-0.3, -0.25) is 4.99 Å². The normalized spacial score (nSPS) is 11.5. The van der Waals surface area contributed by atoms with E-state index in [1.54, 1.807) is 24.5 Å². The molecule has 6 heteroatoms. The van der Waals surface area contributed by atoms with Gasteiger partial charge in [0, 0.05) is 31.0 Å². The maximum Gasteiger partial charge on any atom is 0.223 e. The van der Waals surface area contributed by atoms with E-state index in [-0.39, 0.29) is 5.75 Å². The largest absolute Gasteiger partial charge is 0.508 e. The lowest BCUT2D eigenvalue weighted by Crippen LogP contribution is -2.11. The quantitative estimate of drug-likeness (QED) is 0.331. The van der Waals surface area contributed by atoms with E-state index in [4.69, 9.17) is 0 Å². The maximum absolute atomic E-state index is 9.38. The van der Waals surface area contributed by atoms with E-state index in [0.717, 1.165) is 34.5 Å². The molecule has 0 saturated heterocycles. The zero-order valence-electron chi connectivity index (χ0n) is 17.6. The van der Waals surface area contributed by atoms with Crippen molar-refractivity contribution in [2.24, 2.45) is 4.99 Å². The van der Waals surface area contributed by atoms with Crippen LogP contribution < -0.4 is 10.6 Å². The topological polar surface area (TPSA) is 82.4 Å². The molecule has 1 aromatic heterocycles. The molecule has 0 radical (unpaired) electrons. The highest BCUT2D eigenvalue weighted by molar-refractivity contribution is 5.61. The van der Waals surface area contributed by atoms with Gasteiger partial charge < -0.3 is 15.7 Å². The average molecular weight is 414 g/mol. The van der Waals surface area contributed by atoms with Gasteiger partial charge in [-0.2, -0.15) is 0 Å². The number of allylic oxidation sites excluding steroid dienone is 2. The number of hydrogen-bond donors (Lipinski definition) is 3. The van der Waals surface area contributed by atoms with Gasteiger partial charge >= 0.3 is 0 Å². The van der Waals surface area contributed by atoms with Crippen LogP contribution in [0.5, 0.6) is 5.75 Å². The summed E-state index contributed by atoms with van der Waals surface area (Å²) >= 11 is 0. The number of aliphatic imine (C=N–C) groups is 1. The monoisotopic (exact) mass is 413 g/mol. The van der Waals surface area contributed by atoms with E-state index in [9.17, 15) is 5.11 Å². The van der Waals surface area contributed by atoms with E-state index in [1.807, 2.05) is 49.4 Å². The third kappa shape index (κ3) is 6.82. The van der Waals surface area contributed by atoms with Crippen molar-refractivity contribution in [2.75, 3.05) is 11.9 Å². The summed E-state index contributed by atoms with van der Waals surface area (Å²) in [6.45, 7) is 6.85. The molecule has 158 valence electrons. The second-order valence-corrected chi connectivity index (χ2v) is 6.93. The Hall–Kier alpha value is -3.93. The molecule has 0 amide bonds. The fourth-order valence-corrected chi connectivity index (χ4v) is 3.06. The number of nitrogens with zero attached hydrogens (tertiary/aromatic N) is 3. The Kier molecular flexibility index (Phi) is 7.94. The standard InChI is InChI=1S/C25H27N5O/c1-3-5-22(18-26-2)29-17-20-6-4-7-21(16-20)24-13-15-28-25(30-24)27-14-12-19-8-10-23(31)11-9-19/h3-11,13,15-16,18,29,31H,2,12,14,17H2,1H3,(H,27,28,30)/b5-3-,22-18+. The minimum atomic E-state index is 0.275. The number of anilines is 1. The number of nitrogens with one attached hydrogen (secondary N) is 2. The summed E-state index contributed by atoms with van der Waals surface area (Å²) in [6, 6.07) is 17.4. The van der Waals surface area contributed by atoms with E-state index >= 15 is 0 Å². The predicted octanol–water partition coefficient (Wildman–Crippen LogP) is 4.71. The fourth-order valence-electron chi connectivity index (χ4n) is 3.06. The van der Waals surface area contributed by atoms with E-state index in [1.165, 1.54) is 0 Å². The first-order valence-corrected chi connectivity index (χ1v) is 10.1. The molecule has 0 aliphatic rings. The highest BCUT2D eigenvalue weighted by Gasteiger charge is 2.04. The molecule has 3 rings (SSSR count). The van der Waals surface area contributed by atoms with Gasteiger partial charge in [0.2, 0.25) is 5.95 Å². The van der Waals surface area contributed by atoms with Gasteiger partial charge in [0.15, 0.2) is 0 Å². The molecule has 31 heavy (non-hydrogen) atoms. The van der Waals surface area contributed by atoms with Crippen molar-refractivity contribution in [1.29, 1.82) is 0 Å². The van der Waals surface area contributed by atoms with Gasteiger partial charge in [-0.1, -0.05) is 36.4 Å². The van der Waals surface area contributed by atoms with Crippen molar-refractivity contribution in [3.8, 4) is 17.0 Å². The van der Waals surface area contributed by atoms with E-state index in [0.29, 0.717) is 19.0 Å². The number of phenols is 1. The second-order valence-electron chi connectivity index (χ2n) is 6.93. The van der Waals surface area contributed by atoms with Crippen LogP contribution in [-0.4, -0.2) is 28.3 Å². The van der Waals surface area contributed by atoms with Crippen LogP contribution in [0.4, 0.5) is 5.95 Å². The molecule has 0 aliphatic carbocycles. The molecule has 3 aromatic rings. The van der Waals surface area contributed by atoms with Gasteiger partial charge in [-0.25, -0.2) is 9.97 Å². The smallest absolute Gasteiger partial charge is 0.223 e. The lowest BCUT2D eigenvalue weighted by atomic mass is 10.1. The molecular weight excluding hydrogens is 386 g/mol. The van der Waals surface area contributed by atoms with Gasteiger partial charge in [0.1, 0.15) is 5.75 Å². The zero-order valence-corrected chi connectivity index (χ0v) is 17.6. The van der Waals surface area contributed by atoms with Crippen LogP contribution in [0.1, 0.15) is 18.1 Å². The van der Waals surface area contributed by atoms with Crippen molar-refractivity contribution in [3.63, 3.8) is 0 Å². The van der Waals surface area contributed by atoms with Gasteiger partial charge in [0.05, 0.1) is 11.4 Å². The first-order valence-electron chi connectivity index (χ1n) is 10.1. The molecular formula is C25H27N5O. The molecule has 0 bridgehead atoms. The van der Waals surface area contributed by atoms with Gasteiger partial charge in [-0.05, 0) is 61.5 Å². The number of phenolic OH excluding ortho intramolecular Hbond substituents is 1. The molecule has 3 N–H and O–H groups in total. The summed E-state index contributed by atoms with van der Waals surface area (Å²) < 4.78 is 0. The minimum absolute atomic E-state index is 0.275. The molecule has 0 aliphatic heterocycles. The fraction of sp³-hybridized carbons (Fsp3) is 0.160. The van der Waals surface area contributed by atoms with Crippen molar-refractivity contribution >= 4 is 12.7 Å². The number of rotatable bonds is 10. The zero-order chi connectivity index (χ0) is 21.9. The Morgan fingerprint density at radius 2 is 1.97 bits per heavy atom. The third-order valence-corrected chi connectivity index (χ3v) is 4.58. The highest BCUT2D eigenvalue weighted by atomic mass is 16.3. The summed E-state index contributed by atoms with van der Waals surface area (Å²) in [5.74, 6) is 0.867. The lowest BCUT2D eigenvalue weighted by Gasteiger charge is -2.10. The van der Waals surface area contributed by atoms with Crippen LogP contribution in [0.15, 0.2) is 89.8 Å². The lowest BCUT2D eigenvalue weighted by molar-refractivity contribution is 0.475. The van der Waals surface area contributed by atoms with Crippen LogP contribution in [0.2, 0.25) is 0 Å². The number of hydrogen-bond acceptors (Lipinski definition) is 6. The molecule has 0 atom stereocenters. The number of benzene rings is 2. The van der Waals surface area contributed by atoms with E-state index < -0.39 is 0 Å². The summed E-state index contributed by atoms with van der Waals surface area (Å²) in [6.07, 6.45) is 8.19. The molecule has 1 heterocycles. The summed E-state index contributed by atoms with van der Waals surface area (Å²) in [5.41, 5.74) is 5.07. The van der Waals surface area contributed by atoms with Crippen LogP contribution >= 0.6 is 0 Å². The third-order valence-electron chi connectivity index (χ3n) is 4.58. The van der Waals surface area contributed by atoms with Crippen LogP contribution in [0.3, 0.4) is 0 Å². The molecule has 0 fully saturated rings. The van der Waals surface area contributed by atoms with Crippen molar-refractivity contribution in [1.82, 2.24) is 15.3 Å².